The number of para-hydroxylation sites is 1. The van der Waals surface area contributed by atoms with Crippen LogP contribution < -0.4 is 4.90 Å². The zero-order chi connectivity index (χ0) is 10.7. The lowest BCUT2D eigenvalue weighted by Gasteiger charge is -2.16. The third kappa shape index (κ3) is 1.91. The minimum atomic E-state index is -0.0116. The van der Waals surface area contributed by atoms with Crippen LogP contribution in [0.25, 0.3) is 0 Å². The predicted molar refractivity (Wildman–Crippen MR) is 60.0 cm³/mol. The van der Waals surface area contributed by atoms with Crippen LogP contribution >= 0.6 is 0 Å². The van der Waals surface area contributed by atoms with Gasteiger partial charge in [-0.1, -0.05) is 18.2 Å². The van der Waals surface area contributed by atoms with Gasteiger partial charge < -0.3 is 9.88 Å². The summed E-state index contributed by atoms with van der Waals surface area (Å²) in [4.78, 5) is 16.4. The molecular formula is C12H12N2O. The third-order valence-electron chi connectivity index (χ3n) is 2.29. The molecule has 3 heteroatoms. The van der Waals surface area contributed by atoms with E-state index < -0.39 is 0 Å². The molecule has 0 bridgehead atoms. The van der Waals surface area contributed by atoms with Gasteiger partial charge in [0, 0.05) is 25.1 Å². The van der Waals surface area contributed by atoms with Crippen molar-refractivity contribution in [1.82, 2.24) is 4.98 Å². The summed E-state index contributed by atoms with van der Waals surface area (Å²) < 4.78 is 0. The highest BCUT2D eigenvalue weighted by molar-refractivity contribution is 6.05. The minimum Gasteiger partial charge on any atom is -0.367 e. The Hall–Kier alpha value is -2.03. The first-order chi connectivity index (χ1) is 7.29. The molecule has 1 aromatic carbocycles. The van der Waals surface area contributed by atoms with E-state index in [1.165, 1.54) is 0 Å². The highest BCUT2D eigenvalue weighted by atomic mass is 16.2. The van der Waals surface area contributed by atoms with Crippen LogP contribution in [-0.2, 0) is 0 Å². The number of rotatable bonds is 2. The van der Waals surface area contributed by atoms with Gasteiger partial charge in [0.1, 0.15) is 0 Å². The van der Waals surface area contributed by atoms with Gasteiger partial charge in [0.2, 0.25) is 0 Å². The Bertz CT molecular complexity index is 434. The number of carbonyl (C=O) groups excluding carboxylic acids is 1. The van der Waals surface area contributed by atoms with Crippen LogP contribution in [0, 0.1) is 0 Å². The van der Waals surface area contributed by atoms with Gasteiger partial charge in [0.25, 0.3) is 5.91 Å². The summed E-state index contributed by atoms with van der Waals surface area (Å²) in [5.74, 6) is -0.0116. The van der Waals surface area contributed by atoms with Gasteiger partial charge in [-0.3, -0.25) is 4.79 Å². The molecule has 1 N–H and O–H groups in total. The van der Waals surface area contributed by atoms with Gasteiger partial charge >= 0.3 is 0 Å². The normalized spacial score (nSPS) is 9.93. The molecule has 0 atom stereocenters. The first-order valence-corrected chi connectivity index (χ1v) is 4.75. The second-order valence-electron chi connectivity index (χ2n) is 3.30. The van der Waals surface area contributed by atoms with Gasteiger partial charge in [-0.2, -0.15) is 0 Å². The van der Waals surface area contributed by atoms with Crippen LogP contribution in [-0.4, -0.2) is 17.9 Å². The number of nitrogens with zero attached hydrogens (tertiary/aromatic N) is 1. The smallest absolute Gasteiger partial charge is 0.259 e. The molecule has 1 heterocycles. The SMILES string of the molecule is CN(C(=O)c1cc[nH]c1)c1ccccc1. The van der Waals surface area contributed by atoms with Crippen molar-refractivity contribution in [1.29, 1.82) is 0 Å². The van der Waals surface area contributed by atoms with E-state index in [2.05, 4.69) is 4.98 Å². The zero-order valence-electron chi connectivity index (χ0n) is 8.47. The molecule has 1 aromatic heterocycles. The van der Waals surface area contributed by atoms with Crippen LogP contribution in [0.4, 0.5) is 5.69 Å². The fourth-order valence-corrected chi connectivity index (χ4v) is 1.42. The maximum absolute atomic E-state index is 11.9. The maximum atomic E-state index is 11.9. The third-order valence-corrected chi connectivity index (χ3v) is 2.29. The van der Waals surface area contributed by atoms with Crippen LogP contribution in [0.15, 0.2) is 48.8 Å². The molecule has 0 aliphatic carbocycles. The van der Waals surface area contributed by atoms with Gasteiger partial charge in [0.15, 0.2) is 0 Å². The summed E-state index contributed by atoms with van der Waals surface area (Å²) in [6.45, 7) is 0. The first kappa shape index (κ1) is 9.52. The van der Waals surface area contributed by atoms with E-state index in [-0.39, 0.29) is 5.91 Å². The van der Waals surface area contributed by atoms with Crippen LogP contribution in [0.1, 0.15) is 10.4 Å². The predicted octanol–water partition coefficient (Wildman–Crippen LogP) is 2.29. The molecular weight excluding hydrogens is 188 g/mol. The van der Waals surface area contributed by atoms with E-state index in [1.54, 1.807) is 30.4 Å². The topological polar surface area (TPSA) is 36.1 Å². The highest BCUT2D eigenvalue weighted by Gasteiger charge is 2.12. The van der Waals surface area contributed by atoms with E-state index in [9.17, 15) is 4.79 Å². The van der Waals surface area contributed by atoms with Gasteiger partial charge in [-0.25, -0.2) is 0 Å². The van der Waals surface area contributed by atoms with Crippen LogP contribution in [0.3, 0.4) is 0 Å². The Kier molecular flexibility index (Phi) is 2.54. The lowest BCUT2D eigenvalue weighted by Crippen LogP contribution is -2.25. The highest BCUT2D eigenvalue weighted by Crippen LogP contribution is 2.14. The summed E-state index contributed by atoms with van der Waals surface area (Å²) in [6, 6.07) is 11.3. The molecule has 0 unspecified atom stereocenters. The molecule has 1 amide bonds. The number of aromatic amines is 1. The second kappa shape index (κ2) is 4.00. The number of carbonyl (C=O) groups is 1. The minimum absolute atomic E-state index is 0.0116. The van der Waals surface area contributed by atoms with Crippen molar-refractivity contribution in [2.45, 2.75) is 0 Å². The van der Waals surface area contributed by atoms with E-state index in [1.807, 2.05) is 30.3 Å². The van der Waals surface area contributed by atoms with Crippen molar-refractivity contribution in [2.24, 2.45) is 0 Å². The number of anilines is 1. The molecule has 0 saturated heterocycles. The number of aromatic nitrogens is 1. The largest absolute Gasteiger partial charge is 0.367 e. The average molecular weight is 200 g/mol. The van der Waals surface area contributed by atoms with Gasteiger partial charge in [-0.15, -0.1) is 0 Å². The average Bonchev–Trinajstić information content (AvgIpc) is 2.82. The van der Waals surface area contributed by atoms with Crippen molar-refractivity contribution < 1.29 is 4.79 Å². The summed E-state index contributed by atoms with van der Waals surface area (Å²) in [5.41, 5.74) is 1.56. The number of H-pyrrole nitrogens is 1. The van der Waals surface area contributed by atoms with Crippen molar-refractivity contribution in [2.75, 3.05) is 11.9 Å². The fourth-order valence-electron chi connectivity index (χ4n) is 1.42. The molecule has 3 nitrogen and oxygen atoms in total. The number of hydrogen-bond acceptors (Lipinski definition) is 1. The van der Waals surface area contributed by atoms with Gasteiger partial charge in [-0.05, 0) is 18.2 Å². The number of amides is 1. The molecule has 0 saturated carbocycles. The lowest BCUT2D eigenvalue weighted by molar-refractivity contribution is 0.0993. The molecule has 0 radical (unpaired) electrons. The maximum Gasteiger partial charge on any atom is 0.259 e. The van der Waals surface area contributed by atoms with Crippen LogP contribution in [0.2, 0.25) is 0 Å². The van der Waals surface area contributed by atoms with Crippen molar-refractivity contribution in [3.63, 3.8) is 0 Å². The number of hydrogen-bond donors (Lipinski definition) is 1. The Labute approximate surface area is 88.3 Å². The van der Waals surface area contributed by atoms with E-state index in [0.29, 0.717) is 5.56 Å². The molecule has 76 valence electrons. The Morgan fingerprint density at radius 2 is 1.93 bits per heavy atom. The quantitative estimate of drug-likeness (QED) is 0.793. The van der Waals surface area contributed by atoms with E-state index in [4.69, 9.17) is 0 Å². The molecule has 0 aliphatic heterocycles. The fraction of sp³-hybridized carbons (Fsp3) is 0.0833. The van der Waals surface area contributed by atoms with Crippen molar-refractivity contribution >= 4 is 11.6 Å². The second-order valence-corrected chi connectivity index (χ2v) is 3.30. The standard InChI is InChI=1S/C12H12N2O/c1-14(11-5-3-2-4-6-11)12(15)10-7-8-13-9-10/h2-9,13H,1H3. The molecule has 15 heavy (non-hydrogen) atoms. The van der Waals surface area contributed by atoms with E-state index in [0.717, 1.165) is 5.69 Å². The Balaban J connectivity index is 2.23. The van der Waals surface area contributed by atoms with Crippen LogP contribution in [0.5, 0.6) is 0 Å². The summed E-state index contributed by atoms with van der Waals surface area (Å²) >= 11 is 0. The number of benzene rings is 1. The molecule has 0 spiro atoms. The van der Waals surface area contributed by atoms with Crippen molar-refractivity contribution in [3.05, 3.63) is 54.4 Å². The zero-order valence-corrected chi connectivity index (χ0v) is 8.47. The number of nitrogens with one attached hydrogen (secondary N) is 1. The monoisotopic (exact) mass is 200 g/mol. The first-order valence-electron chi connectivity index (χ1n) is 4.75. The Morgan fingerprint density at radius 1 is 1.20 bits per heavy atom. The summed E-state index contributed by atoms with van der Waals surface area (Å²) in [5, 5.41) is 0. The summed E-state index contributed by atoms with van der Waals surface area (Å²) in [6.07, 6.45) is 3.44. The molecule has 0 aliphatic rings. The van der Waals surface area contributed by atoms with Gasteiger partial charge in [0.05, 0.1) is 5.56 Å². The summed E-state index contributed by atoms with van der Waals surface area (Å²) in [7, 11) is 1.77. The van der Waals surface area contributed by atoms with Crippen molar-refractivity contribution in [3.8, 4) is 0 Å². The molecule has 0 fully saturated rings. The van der Waals surface area contributed by atoms with E-state index >= 15 is 0 Å². The lowest BCUT2D eigenvalue weighted by atomic mass is 10.2. The molecule has 2 rings (SSSR count). The molecule has 2 aromatic rings. The Morgan fingerprint density at radius 3 is 2.53 bits per heavy atom.